The number of aryl methyl sites for hydroxylation is 1. The van der Waals surface area contributed by atoms with Crippen LogP contribution in [0.2, 0.25) is 5.02 Å². The number of hydrogen-bond acceptors (Lipinski definition) is 0. The van der Waals surface area contributed by atoms with Gasteiger partial charge in [-0.2, -0.15) is 0 Å². The van der Waals surface area contributed by atoms with Crippen molar-refractivity contribution in [3.05, 3.63) is 70.5 Å². The predicted octanol–water partition coefficient (Wildman–Crippen LogP) is 5.55. The molecule has 0 nitrogen and oxygen atoms in total. The lowest BCUT2D eigenvalue weighted by Gasteiger charge is -2.11. The van der Waals surface area contributed by atoms with Crippen molar-refractivity contribution in [2.24, 2.45) is 0 Å². The van der Waals surface area contributed by atoms with Crippen LogP contribution in [-0.4, -0.2) is 0 Å². The minimum atomic E-state index is -0.347. The third kappa shape index (κ3) is 3.33. The van der Waals surface area contributed by atoms with E-state index in [9.17, 15) is 4.39 Å². The molecule has 1 unspecified atom stereocenters. The number of rotatable bonds is 4. The molecular weight excluding hydrogens is 315 g/mol. The van der Waals surface area contributed by atoms with Crippen molar-refractivity contribution in [3.63, 3.8) is 0 Å². The molecule has 0 saturated carbocycles. The van der Waals surface area contributed by atoms with Crippen molar-refractivity contribution >= 4 is 27.5 Å². The van der Waals surface area contributed by atoms with Crippen LogP contribution in [0.5, 0.6) is 0 Å². The molecule has 0 aliphatic rings. The van der Waals surface area contributed by atoms with Crippen LogP contribution in [0.4, 0.5) is 4.39 Å². The lowest BCUT2D eigenvalue weighted by Crippen LogP contribution is -1.95. The van der Waals surface area contributed by atoms with Crippen LogP contribution < -0.4 is 0 Å². The molecular formula is C15H13BrClF. The molecule has 0 saturated heterocycles. The van der Waals surface area contributed by atoms with Crippen LogP contribution in [0.1, 0.15) is 22.4 Å². The highest BCUT2D eigenvalue weighted by molar-refractivity contribution is 9.09. The van der Waals surface area contributed by atoms with E-state index in [4.69, 9.17) is 11.6 Å². The Morgan fingerprint density at radius 3 is 2.50 bits per heavy atom. The molecule has 1 atom stereocenters. The van der Waals surface area contributed by atoms with Gasteiger partial charge in [-0.25, -0.2) is 4.39 Å². The molecule has 0 aromatic heterocycles. The lowest BCUT2D eigenvalue weighted by molar-refractivity contribution is 0.625. The van der Waals surface area contributed by atoms with Gasteiger partial charge in [0.05, 0.1) is 5.02 Å². The van der Waals surface area contributed by atoms with Gasteiger partial charge in [0.2, 0.25) is 0 Å². The summed E-state index contributed by atoms with van der Waals surface area (Å²) >= 11 is 9.58. The molecule has 0 radical (unpaired) electrons. The van der Waals surface area contributed by atoms with E-state index in [1.54, 1.807) is 6.07 Å². The zero-order valence-electron chi connectivity index (χ0n) is 9.74. The topological polar surface area (TPSA) is 0 Å². The maximum absolute atomic E-state index is 13.3. The van der Waals surface area contributed by atoms with E-state index in [2.05, 4.69) is 28.1 Å². The van der Waals surface area contributed by atoms with Crippen LogP contribution in [0.25, 0.3) is 0 Å². The summed E-state index contributed by atoms with van der Waals surface area (Å²) in [7, 11) is 0. The van der Waals surface area contributed by atoms with Gasteiger partial charge in [0.25, 0.3) is 0 Å². The molecule has 0 spiro atoms. The minimum Gasteiger partial charge on any atom is -0.205 e. The van der Waals surface area contributed by atoms with Crippen molar-refractivity contribution in [3.8, 4) is 0 Å². The highest BCUT2D eigenvalue weighted by Crippen LogP contribution is 2.29. The first kappa shape index (κ1) is 13.6. The van der Waals surface area contributed by atoms with E-state index < -0.39 is 0 Å². The smallest absolute Gasteiger partial charge is 0.142 e. The summed E-state index contributed by atoms with van der Waals surface area (Å²) in [6, 6.07) is 15.1. The molecule has 0 amide bonds. The first-order valence-corrected chi connectivity index (χ1v) is 7.09. The summed E-state index contributed by atoms with van der Waals surface area (Å²) in [5.74, 6) is -0.347. The highest BCUT2D eigenvalue weighted by Gasteiger charge is 2.10. The third-order valence-electron chi connectivity index (χ3n) is 2.86. The Hall–Kier alpha value is -0.860. The van der Waals surface area contributed by atoms with E-state index in [0.717, 1.165) is 18.4 Å². The number of benzene rings is 2. The standard InChI is InChI=1S/C15H13BrClF/c16-13(11-5-2-1-3-6-11)10-9-12-7-4-8-14(18)15(12)17/h1-8,13H,9-10H2. The van der Waals surface area contributed by atoms with E-state index in [0.29, 0.717) is 0 Å². The molecule has 0 heterocycles. The maximum Gasteiger partial charge on any atom is 0.142 e. The summed E-state index contributed by atoms with van der Waals surface area (Å²) in [5, 5.41) is 0.241. The second kappa shape index (κ2) is 6.35. The van der Waals surface area contributed by atoms with E-state index in [1.807, 2.05) is 24.3 Å². The van der Waals surface area contributed by atoms with Gasteiger partial charge in [-0.15, -0.1) is 0 Å². The van der Waals surface area contributed by atoms with E-state index in [1.165, 1.54) is 11.6 Å². The number of halogens is 3. The van der Waals surface area contributed by atoms with Crippen molar-refractivity contribution in [1.82, 2.24) is 0 Å². The van der Waals surface area contributed by atoms with Crippen LogP contribution in [0.15, 0.2) is 48.5 Å². The Morgan fingerprint density at radius 2 is 1.78 bits per heavy atom. The predicted molar refractivity (Wildman–Crippen MR) is 77.8 cm³/mol. The van der Waals surface area contributed by atoms with Crippen molar-refractivity contribution in [2.75, 3.05) is 0 Å². The van der Waals surface area contributed by atoms with Crippen molar-refractivity contribution in [1.29, 1.82) is 0 Å². The Labute approximate surface area is 120 Å². The fraction of sp³-hybridized carbons (Fsp3) is 0.200. The Kier molecular flexibility index (Phi) is 4.79. The molecule has 2 aromatic rings. The highest BCUT2D eigenvalue weighted by atomic mass is 79.9. The van der Waals surface area contributed by atoms with Crippen LogP contribution in [-0.2, 0) is 6.42 Å². The summed E-state index contributed by atoms with van der Waals surface area (Å²) in [6.07, 6.45) is 1.63. The quantitative estimate of drug-likeness (QED) is 0.646. The van der Waals surface area contributed by atoms with Gasteiger partial charge in [0, 0.05) is 4.83 Å². The molecule has 0 N–H and O–H groups in total. The number of alkyl halides is 1. The summed E-state index contributed by atoms with van der Waals surface area (Å²) in [5.41, 5.74) is 2.09. The molecule has 2 aromatic carbocycles. The van der Waals surface area contributed by atoms with Crippen molar-refractivity contribution in [2.45, 2.75) is 17.7 Å². The summed E-state index contributed by atoms with van der Waals surface area (Å²) in [6.45, 7) is 0. The van der Waals surface area contributed by atoms with Gasteiger partial charge in [0.1, 0.15) is 5.82 Å². The van der Waals surface area contributed by atoms with Gasteiger partial charge in [-0.1, -0.05) is 70.0 Å². The van der Waals surface area contributed by atoms with Gasteiger partial charge in [-0.05, 0) is 30.0 Å². The summed E-state index contributed by atoms with van der Waals surface area (Å²) < 4.78 is 13.3. The first-order valence-electron chi connectivity index (χ1n) is 5.80. The second-order valence-electron chi connectivity index (χ2n) is 4.13. The Morgan fingerprint density at radius 1 is 1.06 bits per heavy atom. The van der Waals surface area contributed by atoms with E-state index >= 15 is 0 Å². The monoisotopic (exact) mass is 326 g/mol. The second-order valence-corrected chi connectivity index (χ2v) is 5.61. The SMILES string of the molecule is Fc1cccc(CCC(Br)c2ccccc2)c1Cl. The fourth-order valence-corrected chi connectivity index (χ4v) is 2.61. The third-order valence-corrected chi connectivity index (χ3v) is 4.27. The van der Waals surface area contributed by atoms with Gasteiger partial charge >= 0.3 is 0 Å². The van der Waals surface area contributed by atoms with Crippen molar-refractivity contribution < 1.29 is 4.39 Å². The lowest BCUT2D eigenvalue weighted by atomic mass is 10.0. The molecule has 94 valence electrons. The van der Waals surface area contributed by atoms with Gasteiger partial charge < -0.3 is 0 Å². The molecule has 0 aliphatic carbocycles. The average molecular weight is 328 g/mol. The molecule has 0 fully saturated rings. The normalized spacial score (nSPS) is 12.4. The van der Waals surface area contributed by atoms with Gasteiger partial charge in [-0.3, -0.25) is 0 Å². The Bertz CT molecular complexity index is 513. The molecule has 2 rings (SSSR count). The molecule has 3 heteroatoms. The van der Waals surface area contributed by atoms with Crippen LogP contribution >= 0.6 is 27.5 Å². The molecule has 0 bridgehead atoms. The largest absolute Gasteiger partial charge is 0.205 e. The molecule has 18 heavy (non-hydrogen) atoms. The van der Waals surface area contributed by atoms with E-state index in [-0.39, 0.29) is 15.7 Å². The van der Waals surface area contributed by atoms with Crippen LogP contribution in [0.3, 0.4) is 0 Å². The zero-order chi connectivity index (χ0) is 13.0. The first-order chi connectivity index (χ1) is 8.68. The maximum atomic E-state index is 13.3. The minimum absolute atomic E-state index is 0.241. The average Bonchev–Trinajstić information content (AvgIpc) is 2.41. The van der Waals surface area contributed by atoms with Gasteiger partial charge in [0.15, 0.2) is 0 Å². The van der Waals surface area contributed by atoms with Crippen LogP contribution in [0, 0.1) is 5.82 Å². The Balaban J connectivity index is 2.02. The zero-order valence-corrected chi connectivity index (χ0v) is 12.1. The fourth-order valence-electron chi connectivity index (χ4n) is 1.85. The molecule has 0 aliphatic heterocycles. The summed E-state index contributed by atoms with van der Waals surface area (Å²) in [4.78, 5) is 0.262. The number of hydrogen-bond donors (Lipinski definition) is 0.